The standard InChI is InChI=1S/C9H21NS/c1-5-11-7-6-9(4)10-8(2)3/h8-10H,5-7H2,1-4H3. The van der Waals surface area contributed by atoms with Crippen LogP contribution >= 0.6 is 11.8 Å². The number of hydrogen-bond acceptors (Lipinski definition) is 2. The first-order chi connectivity index (χ1) is 5.16. The molecule has 0 fully saturated rings. The van der Waals surface area contributed by atoms with Crippen LogP contribution in [0.3, 0.4) is 0 Å². The molecule has 1 nitrogen and oxygen atoms in total. The lowest BCUT2D eigenvalue weighted by molar-refractivity contribution is 0.482. The first kappa shape index (κ1) is 11.3. The van der Waals surface area contributed by atoms with E-state index < -0.39 is 0 Å². The monoisotopic (exact) mass is 175 g/mol. The van der Waals surface area contributed by atoms with Crippen molar-refractivity contribution in [1.29, 1.82) is 0 Å². The molecule has 0 bridgehead atoms. The minimum absolute atomic E-state index is 0.622. The molecule has 0 aromatic heterocycles. The van der Waals surface area contributed by atoms with Crippen molar-refractivity contribution in [1.82, 2.24) is 5.32 Å². The highest BCUT2D eigenvalue weighted by molar-refractivity contribution is 7.99. The van der Waals surface area contributed by atoms with Crippen molar-refractivity contribution in [2.24, 2.45) is 0 Å². The maximum Gasteiger partial charge on any atom is 0.00489 e. The molecule has 0 amide bonds. The Labute approximate surface area is 75.3 Å². The Bertz CT molecular complexity index is 83.6. The van der Waals surface area contributed by atoms with Crippen LogP contribution in [0.25, 0.3) is 0 Å². The van der Waals surface area contributed by atoms with E-state index in [0.29, 0.717) is 12.1 Å². The van der Waals surface area contributed by atoms with Gasteiger partial charge in [0.2, 0.25) is 0 Å². The van der Waals surface area contributed by atoms with Gasteiger partial charge >= 0.3 is 0 Å². The number of hydrogen-bond donors (Lipinski definition) is 1. The van der Waals surface area contributed by atoms with Crippen LogP contribution in [0.15, 0.2) is 0 Å². The van der Waals surface area contributed by atoms with E-state index in [4.69, 9.17) is 0 Å². The van der Waals surface area contributed by atoms with Crippen molar-refractivity contribution in [2.45, 2.75) is 46.2 Å². The molecule has 0 aromatic carbocycles. The quantitative estimate of drug-likeness (QED) is 0.623. The van der Waals surface area contributed by atoms with Crippen molar-refractivity contribution in [2.75, 3.05) is 11.5 Å². The summed E-state index contributed by atoms with van der Waals surface area (Å²) in [6, 6.07) is 1.30. The Balaban J connectivity index is 3.15. The van der Waals surface area contributed by atoms with Crippen LogP contribution in [0.4, 0.5) is 0 Å². The van der Waals surface area contributed by atoms with E-state index in [2.05, 4.69) is 33.0 Å². The van der Waals surface area contributed by atoms with Crippen LogP contribution in [0.2, 0.25) is 0 Å². The molecule has 0 spiro atoms. The molecular weight excluding hydrogens is 154 g/mol. The lowest BCUT2D eigenvalue weighted by atomic mass is 10.2. The van der Waals surface area contributed by atoms with Gasteiger partial charge in [0.25, 0.3) is 0 Å². The number of rotatable bonds is 6. The van der Waals surface area contributed by atoms with Gasteiger partial charge in [0, 0.05) is 12.1 Å². The zero-order valence-corrected chi connectivity index (χ0v) is 9.00. The smallest absolute Gasteiger partial charge is 0.00489 e. The molecule has 0 rings (SSSR count). The predicted molar refractivity (Wildman–Crippen MR) is 55.3 cm³/mol. The van der Waals surface area contributed by atoms with E-state index in [1.807, 2.05) is 11.8 Å². The van der Waals surface area contributed by atoms with Gasteiger partial charge in [-0.25, -0.2) is 0 Å². The van der Waals surface area contributed by atoms with Crippen LogP contribution in [0, 0.1) is 0 Å². The summed E-state index contributed by atoms with van der Waals surface area (Å²) in [4.78, 5) is 0. The lowest BCUT2D eigenvalue weighted by Crippen LogP contribution is -2.32. The molecule has 11 heavy (non-hydrogen) atoms. The third kappa shape index (κ3) is 8.21. The zero-order valence-electron chi connectivity index (χ0n) is 8.18. The average molecular weight is 175 g/mol. The van der Waals surface area contributed by atoms with E-state index in [0.717, 1.165) is 0 Å². The van der Waals surface area contributed by atoms with E-state index in [9.17, 15) is 0 Å². The second-order valence-corrected chi connectivity index (χ2v) is 4.60. The summed E-state index contributed by atoms with van der Waals surface area (Å²) in [5.41, 5.74) is 0. The summed E-state index contributed by atoms with van der Waals surface area (Å²) >= 11 is 2.02. The van der Waals surface area contributed by atoms with Crippen LogP contribution in [0.5, 0.6) is 0 Å². The van der Waals surface area contributed by atoms with Gasteiger partial charge in [-0.2, -0.15) is 11.8 Å². The normalized spacial score (nSPS) is 13.9. The lowest BCUT2D eigenvalue weighted by Gasteiger charge is -2.15. The summed E-state index contributed by atoms with van der Waals surface area (Å²) in [7, 11) is 0. The Morgan fingerprint density at radius 2 is 1.91 bits per heavy atom. The molecule has 1 atom stereocenters. The molecule has 68 valence electrons. The first-order valence-corrected chi connectivity index (χ1v) is 5.66. The summed E-state index contributed by atoms with van der Waals surface area (Å²) in [5.74, 6) is 2.53. The second-order valence-electron chi connectivity index (χ2n) is 3.21. The van der Waals surface area contributed by atoms with Crippen LogP contribution in [-0.2, 0) is 0 Å². The Hall–Kier alpha value is 0.310. The fourth-order valence-corrected chi connectivity index (χ4v) is 1.87. The molecule has 2 heteroatoms. The molecule has 0 radical (unpaired) electrons. The van der Waals surface area contributed by atoms with Gasteiger partial charge in [-0.3, -0.25) is 0 Å². The molecule has 0 saturated carbocycles. The van der Waals surface area contributed by atoms with E-state index in [1.165, 1.54) is 17.9 Å². The molecule has 0 saturated heterocycles. The largest absolute Gasteiger partial charge is 0.312 e. The van der Waals surface area contributed by atoms with Crippen molar-refractivity contribution in [3.63, 3.8) is 0 Å². The minimum Gasteiger partial charge on any atom is -0.312 e. The summed E-state index contributed by atoms with van der Waals surface area (Å²) in [6.07, 6.45) is 1.29. The molecule has 0 heterocycles. The molecular formula is C9H21NS. The molecule has 1 N–H and O–H groups in total. The zero-order chi connectivity index (χ0) is 8.69. The number of nitrogens with one attached hydrogen (secondary N) is 1. The summed E-state index contributed by atoms with van der Waals surface area (Å²) in [5, 5.41) is 3.49. The highest BCUT2D eigenvalue weighted by Crippen LogP contribution is 2.03. The summed E-state index contributed by atoms with van der Waals surface area (Å²) in [6.45, 7) is 8.87. The molecule has 1 unspecified atom stereocenters. The van der Waals surface area contributed by atoms with Gasteiger partial charge in [-0.15, -0.1) is 0 Å². The van der Waals surface area contributed by atoms with Crippen LogP contribution in [-0.4, -0.2) is 23.6 Å². The fraction of sp³-hybridized carbons (Fsp3) is 1.00. The SMILES string of the molecule is CCSCCC(C)NC(C)C. The van der Waals surface area contributed by atoms with Gasteiger partial charge in [0.1, 0.15) is 0 Å². The van der Waals surface area contributed by atoms with E-state index in [-0.39, 0.29) is 0 Å². The fourth-order valence-electron chi connectivity index (χ4n) is 1.06. The second kappa shape index (κ2) is 6.99. The van der Waals surface area contributed by atoms with Gasteiger partial charge in [0.15, 0.2) is 0 Å². The molecule has 0 aliphatic carbocycles. The van der Waals surface area contributed by atoms with Gasteiger partial charge < -0.3 is 5.32 Å². The van der Waals surface area contributed by atoms with Gasteiger partial charge in [-0.1, -0.05) is 20.8 Å². The number of thioether (sulfide) groups is 1. The maximum atomic E-state index is 3.49. The molecule has 0 aliphatic rings. The Kier molecular flexibility index (Phi) is 7.18. The Morgan fingerprint density at radius 1 is 1.27 bits per heavy atom. The van der Waals surface area contributed by atoms with Crippen LogP contribution < -0.4 is 5.32 Å². The van der Waals surface area contributed by atoms with Gasteiger partial charge in [0.05, 0.1) is 0 Å². The molecule has 0 aromatic rings. The van der Waals surface area contributed by atoms with Crippen LogP contribution in [0.1, 0.15) is 34.1 Å². The van der Waals surface area contributed by atoms with E-state index >= 15 is 0 Å². The predicted octanol–water partition coefficient (Wildman–Crippen LogP) is 2.52. The van der Waals surface area contributed by atoms with E-state index in [1.54, 1.807) is 0 Å². The Morgan fingerprint density at radius 3 is 2.36 bits per heavy atom. The van der Waals surface area contributed by atoms with Crippen molar-refractivity contribution in [3.05, 3.63) is 0 Å². The van der Waals surface area contributed by atoms with Crippen molar-refractivity contribution in [3.8, 4) is 0 Å². The maximum absolute atomic E-state index is 3.49. The third-order valence-electron chi connectivity index (χ3n) is 1.52. The first-order valence-electron chi connectivity index (χ1n) is 4.50. The third-order valence-corrected chi connectivity index (χ3v) is 2.45. The molecule has 0 aliphatic heterocycles. The summed E-state index contributed by atoms with van der Waals surface area (Å²) < 4.78 is 0. The minimum atomic E-state index is 0.622. The average Bonchev–Trinajstić information content (AvgIpc) is 1.86. The van der Waals surface area contributed by atoms with Crippen molar-refractivity contribution < 1.29 is 0 Å². The highest BCUT2D eigenvalue weighted by atomic mass is 32.2. The highest BCUT2D eigenvalue weighted by Gasteiger charge is 2.01. The van der Waals surface area contributed by atoms with Crippen molar-refractivity contribution >= 4 is 11.8 Å². The van der Waals surface area contributed by atoms with Gasteiger partial charge in [-0.05, 0) is 24.9 Å². The topological polar surface area (TPSA) is 12.0 Å².